The zero-order chi connectivity index (χ0) is 32.7. The molecule has 0 aliphatic carbocycles. The van der Waals surface area contributed by atoms with Crippen LogP contribution in [0.5, 0.6) is 0 Å². The van der Waals surface area contributed by atoms with Crippen molar-refractivity contribution in [3.05, 3.63) is 129 Å². The predicted octanol–water partition coefficient (Wildman–Crippen LogP) is 7.32. The third-order valence-electron chi connectivity index (χ3n) is 7.05. The van der Waals surface area contributed by atoms with Gasteiger partial charge in [0.05, 0.1) is 20.6 Å². The van der Waals surface area contributed by atoms with E-state index in [2.05, 4.69) is 5.32 Å². The van der Waals surface area contributed by atoms with Crippen LogP contribution in [-0.4, -0.2) is 43.8 Å². The largest absolute Gasteiger partial charge is 0.352 e. The van der Waals surface area contributed by atoms with Crippen molar-refractivity contribution in [2.45, 2.75) is 50.7 Å². The van der Waals surface area contributed by atoms with E-state index in [0.717, 1.165) is 15.4 Å². The molecular formula is C34H34Cl3N3O4S. The molecule has 11 heteroatoms. The van der Waals surface area contributed by atoms with Crippen LogP contribution < -0.4 is 9.62 Å². The van der Waals surface area contributed by atoms with Gasteiger partial charge in [0.1, 0.15) is 12.6 Å². The average Bonchev–Trinajstić information content (AvgIpc) is 3.00. The molecule has 1 atom stereocenters. The Morgan fingerprint density at radius 2 is 1.44 bits per heavy atom. The number of hydrogen-bond donors (Lipinski definition) is 1. The maximum Gasteiger partial charge on any atom is 0.264 e. The van der Waals surface area contributed by atoms with Crippen LogP contribution in [0, 0.1) is 6.92 Å². The third-order valence-corrected chi connectivity index (χ3v) is 9.83. The van der Waals surface area contributed by atoms with E-state index in [0.29, 0.717) is 10.6 Å². The van der Waals surface area contributed by atoms with Crippen LogP contribution in [0.1, 0.15) is 30.5 Å². The third kappa shape index (κ3) is 9.01. The molecule has 4 rings (SSSR count). The SMILES string of the molecule is Cc1ccc(S(=O)(=O)N(CC(=O)N(Cc2ccc(Cl)cc2)[C@@H](Cc2ccccc2)C(=O)NC(C)C)c2ccc(Cl)c(Cl)c2)cc1. The minimum Gasteiger partial charge on any atom is -0.352 e. The normalized spacial score (nSPS) is 12.1. The standard InChI is InChI=1S/C34H34Cl3N3O4S/c1-23(2)38-34(42)32(19-25-7-5-4-6-8-25)39(21-26-11-13-27(35)14-12-26)33(41)22-40(28-15-18-30(36)31(37)20-28)45(43,44)29-16-9-24(3)10-17-29/h4-18,20,23,32H,19,21-22H2,1-3H3,(H,38,42)/t32-/m0/s1. The number of rotatable bonds is 12. The van der Waals surface area contributed by atoms with Crippen LogP contribution in [-0.2, 0) is 32.6 Å². The lowest BCUT2D eigenvalue weighted by Gasteiger charge is -2.34. The fourth-order valence-corrected chi connectivity index (χ4v) is 6.55. The Labute approximate surface area is 279 Å². The zero-order valence-corrected chi connectivity index (χ0v) is 28.2. The highest BCUT2D eigenvalue weighted by molar-refractivity contribution is 7.92. The van der Waals surface area contributed by atoms with E-state index in [1.165, 1.54) is 35.2 Å². The van der Waals surface area contributed by atoms with Crippen molar-refractivity contribution >= 4 is 62.3 Å². The number of sulfonamides is 1. The van der Waals surface area contributed by atoms with Crippen LogP contribution in [0.25, 0.3) is 0 Å². The van der Waals surface area contributed by atoms with Crippen LogP contribution in [0.15, 0.2) is 102 Å². The Kier molecular flexibility index (Phi) is 11.6. The van der Waals surface area contributed by atoms with Crippen molar-refractivity contribution in [3.63, 3.8) is 0 Å². The number of amides is 2. The Morgan fingerprint density at radius 3 is 2.04 bits per heavy atom. The average molecular weight is 687 g/mol. The summed E-state index contributed by atoms with van der Waals surface area (Å²) < 4.78 is 29.2. The van der Waals surface area contributed by atoms with E-state index in [4.69, 9.17) is 34.8 Å². The summed E-state index contributed by atoms with van der Waals surface area (Å²) in [4.78, 5) is 29.6. The molecule has 0 unspecified atom stereocenters. The van der Waals surface area contributed by atoms with Gasteiger partial charge < -0.3 is 10.2 Å². The van der Waals surface area contributed by atoms with Gasteiger partial charge in [-0.05, 0) is 74.4 Å². The van der Waals surface area contributed by atoms with E-state index in [1.54, 1.807) is 36.4 Å². The maximum absolute atomic E-state index is 14.5. The van der Waals surface area contributed by atoms with Crippen molar-refractivity contribution in [2.24, 2.45) is 0 Å². The second-order valence-corrected chi connectivity index (χ2v) is 14.1. The first-order valence-corrected chi connectivity index (χ1v) is 16.8. The van der Waals surface area contributed by atoms with Gasteiger partial charge in [0, 0.05) is 24.0 Å². The fourth-order valence-electron chi connectivity index (χ4n) is 4.73. The molecule has 4 aromatic rings. The second kappa shape index (κ2) is 15.1. The van der Waals surface area contributed by atoms with E-state index in [-0.39, 0.29) is 45.5 Å². The van der Waals surface area contributed by atoms with Gasteiger partial charge in [0.2, 0.25) is 11.8 Å². The summed E-state index contributed by atoms with van der Waals surface area (Å²) in [5, 5.41) is 3.81. The van der Waals surface area contributed by atoms with Crippen LogP contribution in [0.3, 0.4) is 0 Å². The maximum atomic E-state index is 14.5. The molecule has 0 saturated heterocycles. The van der Waals surface area contributed by atoms with E-state index >= 15 is 0 Å². The number of nitrogens with zero attached hydrogens (tertiary/aromatic N) is 2. The summed E-state index contributed by atoms with van der Waals surface area (Å²) in [6, 6.07) is 25.8. The zero-order valence-electron chi connectivity index (χ0n) is 25.1. The summed E-state index contributed by atoms with van der Waals surface area (Å²) in [5.74, 6) is -0.954. The molecule has 0 heterocycles. The molecule has 0 fully saturated rings. The number of carbonyl (C=O) groups excluding carboxylic acids is 2. The summed E-state index contributed by atoms with van der Waals surface area (Å²) in [7, 11) is -4.27. The summed E-state index contributed by atoms with van der Waals surface area (Å²) in [6.45, 7) is 4.94. The van der Waals surface area contributed by atoms with E-state index in [9.17, 15) is 18.0 Å². The number of halogens is 3. The Bertz CT molecular complexity index is 1730. The first-order valence-electron chi connectivity index (χ1n) is 14.3. The van der Waals surface area contributed by atoms with Gasteiger partial charge in [0.15, 0.2) is 0 Å². The lowest BCUT2D eigenvalue weighted by atomic mass is 10.0. The number of aryl methyl sites for hydroxylation is 1. The second-order valence-electron chi connectivity index (χ2n) is 10.9. The fraction of sp³-hybridized carbons (Fsp3) is 0.235. The molecule has 236 valence electrons. The highest BCUT2D eigenvalue weighted by Crippen LogP contribution is 2.31. The van der Waals surface area contributed by atoms with Crippen LogP contribution >= 0.6 is 34.8 Å². The number of anilines is 1. The highest BCUT2D eigenvalue weighted by atomic mass is 35.5. The number of hydrogen-bond acceptors (Lipinski definition) is 4. The lowest BCUT2D eigenvalue weighted by molar-refractivity contribution is -0.140. The molecule has 0 saturated carbocycles. The van der Waals surface area contributed by atoms with E-state index in [1.807, 2.05) is 51.1 Å². The predicted molar refractivity (Wildman–Crippen MR) is 181 cm³/mol. The Morgan fingerprint density at radius 1 is 0.800 bits per heavy atom. The molecule has 4 aromatic carbocycles. The van der Waals surface area contributed by atoms with Crippen molar-refractivity contribution in [2.75, 3.05) is 10.8 Å². The first kappa shape index (κ1) is 34.3. The molecular weight excluding hydrogens is 653 g/mol. The molecule has 45 heavy (non-hydrogen) atoms. The topological polar surface area (TPSA) is 86.8 Å². The van der Waals surface area contributed by atoms with Gasteiger partial charge in [-0.3, -0.25) is 13.9 Å². The minimum atomic E-state index is -4.27. The van der Waals surface area contributed by atoms with Gasteiger partial charge in [-0.1, -0.05) is 95.0 Å². The molecule has 0 bridgehead atoms. The minimum absolute atomic E-state index is 0.00499. The number of benzene rings is 4. The van der Waals surface area contributed by atoms with Crippen LogP contribution in [0.2, 0.25) is 15.1 Å². The number of nitrogens with one attached hydrogen (secondary N) is 1. The van der Waals surface area contributed by atoms with Gasteiger partial charge in [0.25, 0.3) is 10.0 Å². The molecule has 7 nitrogen and oxygen atoms in total. The van der Waals surface area contributed by atoms with Gasteiger partial charge in [-0.25, -0.2) is 8.42 Å². The molecule has 0 aliphatic rings. The smallest absolute Gasteiger partial charge is 0.264 e. The Hall–Kier alpha value is -3.56. The summed E-state index contributed by atoms with van der Waals surface area (Å²) in [6.07, 6.45) is 0.205. The van der Waals surface area contributed by atoms with Gasteiger partial charge in [-0.15, -0.1) is 0 Å². The van der Waals surface area contributed by atoms with Crippen molar-refractivity contribution in [1.29, 1.82) is 0 Å². The first-order chi connectivity index (χ1) is 21.3. The van der Waals surface area contributed by atoms with Crippen LogP contribution in [0.4, 0.5) is 5.69 Å². The molecule has 1 N–H and O–H groups in total. The molecule has 0 spiro atoms. The quantitative estimate of drug-likeness (QED) is 0.169. The van der Waals surface area contributed by atoms with Crippen molar-refractivity contribution < 1.29 is 18.0 Å². The summed E-state index contributed by atoms with van der Waals surface area (Å²) >= 11 is 18.6. The van der Waals surface area contributed by atoms with Crippen molar-refractivity contribution in [3.8, 4) is 0 Å². The highest BCUT2D eigenvalue weighted by Gasteiger charge is 2.35. The monoisotopic (exact) mass is 685 g/mol. The number of carbonyl (C=O) groups is 2. The Balaban J connectivity index is 1.82. The van der Waals surface area contributed by atoms with Gasteiger partial charge >= 0.3 is 0 Å². The van der Waals surface area contributed by atoms with E-state index < -0.39 is 28.5 Å². The van der Waals surface area contributed by atoms with Gasteiger partial charge in [-0.2, -0.15) is 0 Å². The molecule has 0 aliphatic heterocycles. The summed E-state index contributed by atoms with van der Waals surface area (Å²) in [5.41, 5.74) is 2.57. The lowest BCUT2D eigenvalue weighted by Crippen LogP contribution is -2.54. The molecule has 0 radical (unpaired) electrons. The molecule has 2 amide bonds. The molecule has 0 aromatic heterocycles. The van der Waals surface area contributed by atoms with Crippen molar-refractivity contribution in [1.82, 2.24) is 10.2 Å².